The van der Waals surface area contributed by atoms with E-state index in [1.54, 1.807) is 11.8 Å². The van der Waals surface area contributed by atoms with Crippen LogP contribution in [0.25, 0.3) is 0 Å². The normalized spacial score (nSPS) is 16.7. The highest BCUT2D eigenvalue weighted by Crippen LogP contribution is 2.26. The van der Waals surface area contributed by atoms with Crippen LogP contribution in [0.2, 0.25) is 0 Å². The van der Waals surface area contributed by atoms with Gasteiger partial charge in [0.25, 0.3) is 0 Å². The summed E-state index contributed by atoms with van der Waals surface area (Å²) < 4.78 is 5.57. The quantitative estimate of drug-likeness (QED) is 0.881. The summed E-state index contributed by atoms with van der Waals surface area (Å²) >= 11 is 0. The average Bonchev–Trinajstić information content (AvgIpc) is 3.17. The van der Waals surface area contributed by atoms with Crippen molar-refractivity contribution < 1.29 is 4.42 Å². The van der Waals surface area contributed by atoms with Crippen LogP contribution in [0.5, 0.6) is 0 Å². The topological polar surface area (TPSA) is 28.4 Å². The Hall–Kier alpha value is -1.58. The maximum atomic E-state index is 5.57. The molecule has 3 rings (SSSR count). The Labute approximate surface area is 133 Å². The first kappa shape index (κ1) is 15.3. The van der Waals surface area contributed by atoms with Gasteiger partial charge in [-0.3, -0.25) is 4.90 Å². The molecule has 0 amide bonds. The molecule has 2 unspecified atom stereocenters. The number of hydrogen-bond donors (Lipinski definition) is 1. The van der Waals surface area contributed by atoms with E-state index in [9.17, 15) is 0 Å². The van der Waals surface area contributed by atoms with E-state index in [1.807, 2.05) is 12.1 Å². The van der Waals surface area contributed by atoms with Crippen LogP contribution in [-0.2, 0) is 12.8 Å². The minimum absolute atomic E-state index is 0.256. The van der Waals surface area contributed by atoms with Crippen LogP contribution in [0, 0.1) is 0 Å². The Morgan fingerprint density at radius 1 is 1.18 bits per heavy atom. The molecule has 0 spiro atoms. The molecule has 0 bridgehead atoms. The molecule has 1 heterocycles. The maximum Gasteiger partial charge on any atom is 0.122 e. The second kappa shape index (κ2) is 6.67. The number of furan rings is 1. The predicted octanol–water partition coefficient (Wildman–Crippen LogP) is 3.72. The van der Waals surface area contributed by atoms with E-state index in [0.717, 1.165) is 12.3 Å². The average molecular weight is 298 g/mol. The van der Waals surface area contributed by atoms with Crippen LogP contribution in [0.15, 0.2) is 41.0 Å². The van der Waals surface area contributed by atoms with Gasteiger partial charge in [0.2, 0.25) is 0 Å². The number of rotatable bonds is 6. The Morgan fingerprint density at radius 2 is 2.00 bits per heavy atom. The van der Waals surface area contributed by atoms with Crippen molar-refractivity contribution in [3.8, 4) is 0 Å². The highest BCUT2D eigenvalue weighted by molar-refractivity contribution is 5.36. The number of benzene rings is 1. The first-order chi connectivity index (χ1) is 10.6. The van der Waals surface area contributed by atoms with Gasteiger partial charge < -0.3 is 9.73 Å². The molecule has 0 radical (unpaired) electrons. The molecule has 1 N–H and O–H groups in total. The van der Waals surface area contributed by atoms with Crippen molar-refractivity contribution in [2.24, 2.45) is 0 Å². The third kappa shape index (κ3) is 3.26. The molecule has 1 aliphatic rings. The molecule has 2 aromatic rings. The summed E-state index contributed by atoms with van der Waals surface area (Å²) in [5, 5.41) is 3.66. The maximum absolute atomic E-state index is 5.57. The van der Waals surface area contributed by atoms with Gasteiger partial charge in [0.1, 0.15) is 5.76 Å². The van der Waals surface area contributed by atoms with Gasteiger partial charge in [0, 0.05) is 12.6 Å². The smallest absolute Gasteiger partial charge is 0.122 e. The highest BCUT2D eigenvalue weighted by Gasteiger charge is 2.19. The summed E-state index contributed by atoms with van der Waals surface area (Å²) in [5.74, 6) is 1.01. The van der Waals surface area contributed by atoms with Gasteiger partial charge in [0.05, 0.1) is 12.3 Å². The molecule has 1 aromatic carbocycles. The number of likely N-dealkylation sites (N-methyl/N-ethyl adjacent to an activating group) is 1. The number of fused-ring (bicyclic) bond motifs is 1. The first-order valence-electron chi connectivity index (χ1n) is 8.20. The first-order valence-corrected chi connectivity index (χ1v) is 8.20. The summed E-state index contributed by atoms with van der Waals surface area (Å²) in [6.45, 7) is 3.12. The standard InChI is InChI=1S/C19H26N2O/c1-14(16-10-9-15-6-4-7-17(15)12-16)20-13-18(21(2)3)19-8-5-11-22-19/h5,8-12,14,18,20H,4,6-7,13H2,1-3H3. The van der Waals surface area contributed by atoms with E-state index >= 15 is 0 Å². The van der Waals surface area contributed by atoms with Crippen LogP contribution in [0.4, 0.5) is 0 Å². The number of nitrogens with zero attached hydrogens (tertiary/aromatic N) is 1. The fraction of sp³-hybridized carbons (Fsp3) is 0.474. The van der Waals surface area contributed by atoms with Gasteiger partial charge >= 0.3 is 0 Å². The number of aryl methyl sites for hydroxylation is 2. The lowest BCUT2D eigenvalue weighted by molar-refractivity contribution is 0.245. The van der Waals surface area contributed by atoms with Crippen molar-refractivity contribution in [1.82, 2.24) is 10.2 Å². The molecule has 1 aliphatic carbocycles. The minimum Gasteiger partial charge on any atom is -0.468 e. The van der Waals surface area contributed by atoms with E-state index < -0.39 is 0 Å². The van der Waals surface area contributed by atoms with Crippen molar-refractivity contribution in [3.63, 3.8) is 0 Å². The van der Waals surface area contributed by atoms with Crippen molar-refractivity contribution in [1.29, 1.82) is 0 Å². The molecule has 1 aromatic heterocycles. The lowest BCUT2D eigenvalue weighted by atomic mass is 10.0. The molecule has 3 heteroatoms. The van der Waals surface area contributed by atoms with Gasteiger partial charge in [0.15, 0.2) is 0 Å². The molecule has 22 heavy (non-hydrogen) atoms. The summed E-state index contributed by atoms with van der Waals surface area (Å²) in [5.41, 5.74) is 4.47. The number of hydrogen-bond acceptors (Lipinski definition) is 3. The zero-order chi connectivity index (χ0) is 15.5. The summed E-state index contributed by atoms with van der Waals surface area (Å²) in [6.07, 6.45) is 5.54. The monoisotopic (exact) mass is 298 g/mol. The Bertz CT molecular complexity index is 604. The van der Waals surface area contributed by atoms with Crippen LogP contribution in [0.1, 0.15) is 47.9 Å². The Kier molecular flexibility index (Phi) is 4.65. The second-order valence-corrected chi connectivity index (χ2v) is 6.51. The Morgan fingerprint density at radius 3 is 2.73 bits per heavy atom. The van der Waals surface area contributed by atoms with Crippen LogP contribution < -0.4 is 5.32 Å². The zero-order valence-electron chi connectivity index (χ0n) is 13.8. The van der Waals surface area contributed by atoms with Gasteiger partial charge in [-0.1, -0.05) is 18.2 Å². The SMILES string of the molecule is CC(NCC(c1ccco1)N(C)C)c1ccc2c(c1)CCC2. The second-order valence-electron chi connectivity index (χ2n) is 6.51. The minimum atomic E-state index is 0.256. The van der Waals surface area contributed by atoms with Crippen molar-refractivity contribution in [2.75, 3.05) is 20.6 Å². The van der Waals surface area contributed by atoms with Crippen molar-refractivity contribution >= 4 is 0 Å². The summed E-state index contributed by atoms with van der Waals surface area (Å²) in [6, 6.07) is 11.6. The fourth-order valence-electron chi connectivity index (χ4n) is 3.29. The predicted molar refractivity (Wildman–Crippen MR) is 90.0 cm³/mol. The van der Waals surface area contributed by atoms with Gasteiger partial charge in [-0.25, -0.2) is 0 Å². The van der Waals surface area contributed by atoms with Crippen LogP contribution in [0.3, 0.4) is 0 Å². The number of nitrogens with one attached hydrogen (secondary N) is 1. The van der Waals surface area contributed by atoms with Crippen LogP contribution in [-0.4, -0.2) is 25.5 Å². The molecule has 118 valence electrons. The van der Waals surface area contributed by atoms with Gasteiger partial charge in [-0.05, 0) is 69.1 Å². The van der Waals surface area contributed by atoms with Gasteiger partial charge in [-0.2, -0.15) is 0 Å². The molecule has 0 aliphatic heterocycles. The molecule has 0 saturated carbocycles. The van der Waals surface area contributed by atoms with E-state index in [2.05, 4.69) is 49.4 Å². The van der Waals surface area contributed by atoms with Crippen molar-refractivity contribution in [3.05, 3.63) is 59.0 Å². The Balaban J connectivity index is 1.65. The lowest BCUT2D eigenvalue weighted by Crippen LogP contribution is -2.32. The third-order valence-corrected chi connectivity index (χ3v) is 4.73. The molecule has 0 saturated heterocycles. The fourth-order valence-corrected chi connectivity index (χ4v) is 3.29. The molecular weight excluding hydrogens is 272 g/mol. The zero-order valence-corrected chi connectivity index (χ0v) is 13.8. The molecule has 2 atom stereocenters. The van der Waals surface area contributed by atoms with E-state index in [1.165, 1.54) is 30.4 Å². The molecular formula is C19H26N2O. The molecule has 3 nitrogen and oxygen atoms in total. The van der Waals surface area contributed by atoms with E-state index in [-0.39, 0.29) is 6.04 Å². The van der Waals surface area contributed by atoms with Crippen LogP contribution >= 0.6 is 0 Å². The lowest BCUT2D eigenvalue weighted by Gasteiger charge is -2.25. The van der Waals surface area contributed by atoms with Gasteiger partial charge in [-0.15, -0.1) is 0 Å². The van der Waals surface area contributed by atoms with E-state index in [0.29, 0.717) is 6.04 Å². The summed E-state index contributed by atoms with van der Waals surface area (Å²) in [7, 11) is 4.18. The van der Waals surface area contributed by atoms with E-state index in [4.69, 9.17) is 4.42 Å². The third-order valence-electron chi connectivity index (χ3n) is 4.73. The highest BCUT2D eigenvalue weighted by atomic mass is 16.3. The summed E-state index contributed by atoms with van der Waals surface area (Å²) in [4.78, 5) is 2.20. The molecule has 0 fully saturated rings. The largest absolute Gasteiger partial charge is 0.468 e. The van der Waals surface area contributed by atoms with Crippen molar-refractivity contribution in [2.45, 2.75) is 38.3 Å².